The van der Waals surface area contributed by atoms with Crippen LogP contribution in [0.1, 0.15) is 45.6 Å². The SMILES string of the molecule is COCCCNC(=O)c1c(NCc2ccc(Cl)cc2Cl)sc2c1CCCC2. The van der Waals surface area contributed by atoms with Gasteiger partial charge in [-0.25, -0.2) is 0 Å². The van der Waals surface area contributed by atoms with Crippen molar-refractivity contribution in [1.82, 2.24) is 5.32 Å². The van der Waals surface area contributed by atoms with Crippen LogP contribution >= 0.6 is 34.5 Å². The zero-order valence-electron chi connectivity index (χ0n) is 15.4. The van der Waals surface area contributed by atoms with Crippen LogP contribution in [0.3, 0.4) is 0 Å². The van der Waals surface area contributed by atoms with Crippen LogP contribution in [0.2, 0.25) is 10.0 Å². The van der Waals surface area contributed by atoms with E-state index in [1.165, 1.54) is 16.9 Å². The number of hydrogen-bond donors (Lipinski definition) is 2. The molecule has 0 saturated carbocycles. The van der Waals surface area contributed by atoms with Gasteiger partial charge in [0.2, 0.25) is 0 Å². The third-order valence-corrected chi connectivity index (χ3v) is 6.50. The van der Waals surface area contributed by atoms with Crippen molar-refractivity contribution < 1.29 is 9.53 Å². The molecule has 0 saturated heterocycles. The summed E-state index contributed by atoms with van der Waals surface area (Å²) >= 11 is 14.0. The molecule has 2 N–H and O–H groups in total. The molecule has 0 unspecified atom stereocenters. The van der Waals surface area contributed by atoms with Crippen molar-refractivity contribution in [2.75, 3.05) is 25.6 Å². The first-order valence-corrected chi connectivity index (χ1v) is 10.8. The highest BCUT2D eigenvalue weighted by Crippen LogP contribution is 2.38. The first kappa shape index (κ1) is 20.5. The van der Waals surface area contributed by atoms with E-state index in [9.17, 15) is 4.79 Å². The zero-order chi connectivity index (χ0) is 19.2. The molecule has 1 aromatic heterocycles. The summed E-state index contributed by atoms with van der Waals surface area (Å²) in [6.45, 7) is 1.81. The quantitative estimate of drug-likeness (QED) is 0.562. The minimum Gasteiger partial charge on any atom is -0.385 e. The van der Waals surface area contributed by atoms with E-state index in [0.717, 1.165) is 41.8 Å². The van der Waals surface area contributed by atoms with Crippen molar-refractivity contribution in [3.63, 3.8) is 0 Å². The van der Waals surface area contributed by atoms with Crippen molar-refractivity contribution in [2.24, 2.45) is 0 Å². The fourth-order valence-electron chi connectivity index (χ4n) is 3.28. The number of anilines is 1. The number of aryl methyl sites for hydroxylation is 1. The van der Waals surface area contributed by atoms with Gasteiger partial charge in [-0.2, -0.15) is 0 Å². The van der Waals surface area contributed by atoms with Crippen molar-refractivity contribution in [3.05, 3.63) is 49.8 Å². The van der Waals surface area contributed by atoms with E-state index in [-0.39, 0.29) is 5.91 Å². The molecular weight excluding hydrogens is 403 g/mol. The van der Waals surface area contributed by atoms with E-state index in [1.807, 2.05) is 12.1 Å². The van der Waals surface area contributed by atoms with E-state index in [2.05, 4.69) is 10.6 Å². The third kappa shape index (κ3) is 5.17. The predicted octanol–water partition coefficient (Wildman–Crippen LogP) is 5.31. The molecular formula is C20H24Cl2N2O2S. The van der Waals surface area contributed by atoms with E-state index in [0.29, 0.717) is 29.7 Å². The molecule has 2 aromatic rings. The average Bonchev–Trinajstić information content (AvgIpc) is 3.03. The number of nitrogens with one attached hydrogen (secondary N) is 2. The molecule has 27 heavy (non-hydrogen) atoms. The van der Waals surface area contributed by atoms with Crippen molar-refractivity contribution >= 4 is 45.4 Å². The van der Waals surface area contributed by atoms with Gasteiger partial charge >= 0.3 is 0 Å². The number of thiophene rings is 1. The van der Waals surface area contributed by atoms with E-state index in [1.54, 1.807) is 24.5 Å². The molecule has 0 spiro atoms. The van der Waals surface area contributed by atoms with Gasteiger partial charge in [0.1, 0.15) is 5.00 Å². The minimum absolute atomic E-state index is 0.00444. The number of rotatable bonds is 8. The Morgan fingerprint density at radius 3 is 2.85 bits per heavy atom. The number of carbonyl (C=O) groups is 1. The highest BCUT2D eigenvalue weighted by atomic mass is 35.5. The molecule has 0 fully saturated rings. The van der Waals surface area contributed by atoms with Crippen LogP contribution in [-0.2, 0) is 24.1 Å². The smallest absolute Gasteiger partial charge is 0.254 e. The molecule has 0 bridgehead atoms. The number of carbonyl (C=O) groups excluding carboxylic acids is 1. The Morgan fingerprint density at radius 1 is 1.26 bits per heavy atom. The molecule has 1 aromatic carbocycles. The Labute approximate surface area is 174 Å². The fraction of sp³-hybridized carbons (Fsp3) is 0.450. The molecule has 3 rings (SSSR count). The van der Waals surface area contributed by atoms with Crippen molar-refractivity contribution in [3.8, 4) is 0 Å². The number of fused-ring (bicyclic) bond motifs is 1. The molecule has 1 aliphatic rings. The summed E-state index contributed by atoms with van der Waals surface area (Å²) in [4.78, 5) is 14.2. The second-order valence-electron chi connectivity index (χ2n) is 6.61. The number of benzene rings is 1. The minimum atomic E-state index is -0.00444. The maximum absolute atomic E-state index is 12.9. The fourth-order valence-corrected chi connectivity index (χ4v) is 5.04. The lowest BCUT2D eigenvalue weighted by atomic mass is 9.95. The Kier molecular flexibility index (Phi) is 7.41. The van der Waals surface area contributed by atoms with Crippen molar-refractivity contribution in [1.29, 1.82) is 0 Å². The topological polar surface area (TPSA) is 50.4 Å². The number of ether oxygens (including phenoxy) is 1. The number of methoxy groups -OCH3 is 1. The summed E-state index contributed by atoms with van der Waals surface area (Å²) in [6.07, 6.45) is 5.14. The average molecular weight is 427 g/mol. The molecule has 4 nitrogen and oxygen atoms in total. The number of hydrogen-bond acceptors (Lipinski definition) is 4. The summed E-state index contributed by atoms with van der Waals surface area (Å²) < 4.78 is 5.05. The standard InChI is InChI=1S/C20H24Cl2N2O2S/c1-26-10-4-9-23-19(25)18-15-5-2-3-6-17(15)27-20(18)24-12-13-7-8-14(21)11-16(13)22/h7-8,11,24H,2-6,9-10,12H2,1H3,(H,23,25). The van der Waals surface area contributed by atoms with Crippen LogP contribution in [0.25, 0.3) is 0 Å². The second-order valence-corrected chi connectivity index (χ2v) is 8.56. The summed E-state index contributed by atoms with van der Waals surface area (Å²) in [5.41, 5.74) is 2.97. The molecule has 7 heteroatoms. The van der Waals surface area contributed by atoms with Crippen LogP contribution in [0.5, 0.6) is 0 Å². The van der Waals surface area contributed by atoms with E-state index in [4.69, 9.17) is 27.9 Å². The highest BCUT2D eigenvalue weighted by molar-refractivity contribution is 7.16. The van der Waals surface area contributed by atoms with E-state index < -0.39 is 0 Å². The van der Waals surface area contributed by atoms with Crippen molar-refractivity contribution in [2.45, 2.75) is 38.6 Å². The normalized spacial score (nSPS) is 13.3. The van der Waals surface area contributed by atoms with Gasteiger partial charge in [0.05, 0.1) is 5.56 Å². The Morgan fingerprint density at radius 2 is 2.07 bits per heavy atom. The maximum Gasteiger partial charge on any atom is 0.254 e. The van der Waals surface area contributed by atoms with Crippen LogP contribution in [0.4, 0.5) is 5.00 Å². The Bertz CT molecular complexity index is 808. The molecule has 146 valence electrons. The maximum atomic E-state index is 12.9. The third-order valence-electron chi connectivity index (χ3n) is 4.66. The van der Waals surface area contributed by atoms with Gasteiger partial charge in [0.15, 0.2) is 0 Å². The first-order chi connectivity index (χ1) is 13.1. The summed E-state index contributed by atoms with van der Waals surface area (Å²) in [7, 11) is 1.67. The summed E-state index contributed by atoms with van der Waals surface area (Å²) in [6, 6.07) is 5.48. The predicted molar refractivity (Wildman–Crippen MR) is 114 cm³/mol. The van der Waals surface area contributed by atoms with Gasteiger partial charge < -0.3 is 15.4 Å². The van der Waals surface area contributed by atoms with Gasteiger partial charge in [-0.1, -0.05) is 29.3 Å². The van der Waals surface area contributed by atoms with Gasteiger partial charge in [-0.3, -0.25) is 4.79 Å². The highest BCUT2D eigenvalue weighted by Gasteiger charge is 2.25. The lowest BCUT2D eigenvalue weighted by molar-refractivity contribution is 0.0948. The van der Waals surface area contributed by atoms with Gasteiger partial charge in [-0.05, 0) is 55.4 Å². The molecule has 0 radical (unpaired) electrons. The summed E-state index contributed by atoms with van der Waals surface area (Å²) in [5.74, 6) is -0.00444. The van der Waals surface area contributed by atoms with Gasteiger partial charge in [0, 0.05) is 41.7 Å². The molecule has 1 aliphatic carbocycles. The monoisotopic (exact) mass is 426 g/mol. The summed E-state index contributed by atoms with van der Waals surface area (Å²) in [5, 5.41) is 8.64. The van der Waals surface area contributed by atoms with Crippen LogP contribution in [0, 0.1) is 0 Å². The van der Waals surface area contributed by atoms with Gasteiger partial charge in [0.25, 0.3) is 5.91 Å². The number of amides is 1. The van der Waals surface area contributed by atoms with E-state index >= 15 is 0 Å². The number of halogens is 2. The largest absolute Gasteiger partial charge is 0.385 e. The molecule has 1 amide bonds. The van der Waals surface area contributed by atoms with Crippen LogP contribution in [-0.4, -0.2) is 26.2 Å². The lowest BCUT2D eigenvalue weighted by Gasteiger charge is -2.13. The molecule has 1 heterocycles. The molecule has 0 atom stereocenters. The van der Waals surface area contributed by atoms with Crippen LogP contribution < -0.4 is 10.6 Å². The molecule has 0 aliphatic heterocycles. The first-order valence-electron chi connectivity index (χ1n) is 9.19. The zero-order valence-corrected chi connectivity index (χ0v) is 17.7. The Balaban J connectivity index is 1.77. The van der Waals surface area contributed by atoms with Crippen LogP contribution in [0.15, 0.2) is 18.2 Å². The second kappa shape index (κ2) is 9.78. The lowest BCUT2D eigenvalue weighted by Crippen LogP contribution is -2.27. The Hall–Kier alpha value is -1.27. The van der Waals surface area contributed by atoms with Gasteiger partial charge in [-0.15, -0.1) is 11.3 Å².